The summed E-state index contributed by atoms with van der Waals surface area (Å²) in [5.74, 6) is -2.14. The van der Waals surface area contributed by atoms with Crippen molar-refractivity contribution in [3.8, 4) is 0 Å². The Labute approximate surface area is 165 Å². The maximum Gasteiger partial charge on any atom is 0.407 e. The minimum Gasteiger partial charge on any atom is -0.481 e. The highest BCUT2D eigenvalue weighted by atomic mass is 16.6. The monoisotopic (exact) mass is 403 g/mol. The standard InChI is InChI=1S/C14H27N3O3.C4H6O4/c1-14(2,3)20-13(19)16-11-8-9(6-7-10(11)15)12(18)17(4)5;5-3(6)1-2-4(7)8/h9-11H,6-8,15H2,1-5H3,(H,16,19);1-2H2,(H,5,6)(H,7,8)/t9-,10-,11+;/m0./s1. The van der Waals surface area contributed by atoms with E-state index in [0.29, 0.717) is 6.42 Å². The van der Waals surface area contributed by atoms with Gasteiger partial charge in [0, 0.05) is 32.1 Å². The minimum absolute atomic E-state index is 0.0789. The normalized spacial score (nSPS) is 21.6. The third kappa shape index (κ3) is 11.4. The SMILES string of the molecule is CN(C)C(=O)[C@H]1CC[C@H](N)[C@H](NC(=O)OC(C)(C)C)C1.O=C(O)CCC(=O)O. The lowest BCUT2D eigenvalue weighted by molar-refractivity contribution is -0.143. The van der Waals surface area contributed by atoms with Gasteiger partial charge in [-0.15, -0.1) is 0 Å². The van der Waals surface area contributed by atoms with E-state index in [9.17, 15) is 19.2 Å². The van der Waals surface area contributed by atoms with Crippen LogP contribution < -0.4 is 11.1 Å². The number of ether oxygens (including phenoxy) is 1. The van der Waals surface area contributed by atoms with Gasteiger partial charge in [0.1, 0.15) is 5.60 Å². The van der Waals surface area contributed by atoms with E-state index in [2.05, 4.69) is 5.32 Å². The van der Waals surface area contributed by atoms with Gasteiger partial charge in [0.25, 0.3) is 0 Å². The summed E-state index contributed by atoms with van der Waals surface area (Å²) in [6.07, 6.45) is 0.994. The number of hydrogen-bond donors (Lipinski definition) is 4. The fourth-order valence-corrected chi connectivity index (χ4v) is 2.62. The first-order chi connectivity index (χ1) is 12.7. The summed E-state index contributed by atoms with van der Waals surface area (Å²) in [6, 6.07) is -0.346. The molecule has 10 nitrogen and oxygen atoms in total. The van der Waals surface area contributed by atoms with Gasteiger partial charge >= 0.3 is 18.0 Å². The Morgan fingerprint density at radius 1 is 1.07 bits per heavy atom. The van der Waals surface area contributed by atoms with Crippen molar-refractivity contribution in [2.75, 3.05) is 14.1 Å². The summed E-state index contributed by atoms with van der Waals surface area (Å²) in [7, 11) is 3.49. The van der Waals surface area contributed by atoms with E-state index in [1.165, 1.54) is 0 Å². The van der Waals surface area contributed by atoms with E-state index in [4.69, 9.17) is 20.7 Å². The Balaban J connectivity index is 0.000000769. The molecule has 10 heteroatoms. The lowest BCUT2D eigenvalue weighted by atomic mass is 9.82. The van der Waals surface area contributed by atoms with E-state index < -0.39 is 23.6 Å². The highest BCUT2D eigenvalue weighted by molar-refractivity contribution is 5.78. The van der Waals surface area contributed by atoms with Gasteiger partial charge in [-0.25, -0.2) is 4.79 Å². The number of carbonyl (C=O) groups is 4. The predicted octanol–water partition coefficient (Wildman–Crippen LogP) is 1.03. The van der Waals surface area contributed by atoms with E-state index >= 15 is 0 Å². The molecule has 0 heterocycles. The first kappa shape index (κ1) is 25.6. The molecule has 28 heavy (non-hydrogen) atoms. The van der Waals surface area contributed by atoms with Crippen LogP contribution in [0.2, 0.25) is 0 Å². The van der Waals surface area contributed by atoms with Crippen LogP contribution in [0, 0.1) is 5.92 Å². The fraction of sp³-hybridized carbons (Fsp3) is 0.778. The molecule has 1 rings (SSSR count). The molecule has 0 spiro atoms. The van der Waals surface area contributed by atoms with Gasteiger partial charge in [-0.2, -0.15) is 0 Å². The number of rotatable bonds is 5. The van der Waals surface area contributed by atoms with Crippen LogP contribution in [0.15, 0.2) is 0 Å². The van der Waals surface area contributed by atoms with E-state index in [1.54, 1.807) is 19.0 Å². The van der Waals surface area contributed by atoms with Crippen LogP contribution in [0.1, 0.15) is 52.9 Å². The van der Waals surface area contributed by atoms with Crippen LogP contribution in [0.3, 0.4) is 0 Å². The Morgan fingerprint density at radius 3 is 1.96 bits per heavy atom. The second-order valence-corrected chi connectivity index (χ2v) is 7.95. The molecule has 0 unspecified atom stereocenters. The molecule has 0 saturated heterocycles. The molecule has 2 amide bonds. The highest BCUT2D eigenvalue weighted by Crippen LogP contribution is 2.25. The maximum absolute atomic E-state index is 12.0. The molecular formula is C18H33N3O7. The third-order valence-corrected chi connectivity index (χ3v) is 3.95. The first-order valence-corrected chi connectivity index (χ1v) is 9.12. The number of carbonyl (C=O) groups excluding carboxylic acids is 2. The summed E-state index contributed by atoms with van der Waals surface area (Å²) >= 11 is 0. The van der Waals surface area contributed by atoms with Gasteiger partial charge in [0.05, 0.1) is 12.8 Å². The molecule has 0 radical (unpaired) electrons. The number of nitrogens with one attached hydrogen (secondary N) is 1. The van der Waals surface area contributed by atoms with Crippen molar-refractivity contribution in [2.24, 2.45) is 11.7 Å². The van der Waals surface area contributed by atoms with Gasteiger partial charge in [-0.05, 0) is 40.0 Å². The quantitative estimate of drug-likeness (QED) is 0.529. The van der Waals surface area contributed by atoms with Gasteiger partial charge in [-0.1, -0.05) is 0 Å². The third-order valence-electron chi connectivity index (χ3n) is 3.95. The number of amides is 2. The Morgan fingerprint density at radius 2 is 1.57 bits per heavy atom. The van der Waals surface area contributed by atoms with Crippen molar-refractivity contribution in [2.45, 2.75) is 70.6 Å². The number of hydrogen-bond acceptors (Lipinski definition) is 6. The van der Waals surface area contributed by atoms with E-state index in [1.807, 2.05) is 20.8 Å². The van der Waals surface area contributed by atoms with Crippen molar-refractivity contribution in [1.29, 1.82) is 0 Å². The fourth-order valence-electron chi connectivity index (χ4n) is 2.62. The van der Waals surface area contributed by atoms with E-state index in [-0.39, 0.29) is 36.8 Å². The van der Waals surface area contributed by atoms with Gasteiger partial charge < -0.3 is 30.9 Å². The molecule has 162 valence electrons. The molecule has 3 atom stereocenters. The van der Waals surface area contributed by atoms with Crippen LogP contribution in [-0.2, 0) is 19.1 Å². The Bertz CT molecular complexity index is 544. The van der Waals surface area contributed by atoms with Crippen LogP contribution >= 0.6 is 0 Å². The van der Waals surface area contributed by atoms with Gasteiger partial charge in [-0.3, -0.25) is 14.4 Å². The first-order valence-electron chi connectivity index (χ1n) is 9.12. The molecule has 1 aliphatic rings. The molecule has 1 aliphatic carbocycles. The molecule has 1 saturated carbocycles. The molecule has 0 aromatic heterocycles. The summed E-state index contributed by atoms with van der Waals surface area (Å²) in [6.45, 7) is 5.43. The van der Waals surface area contributed by atoms with Gasteiger partial charge in [0.15, 0.2) is 0 Å². The second kappa shape index (κ2) is 11.5. The molecule has 0 aliphatic heterocycles. The number of carboxylic acid groups (broad SMARTS) is 2. The lowest BCUT2D eigenvalue weighted by Gasteiger charge is -2.35. The topological polar surface area (TPSA) is 159 Å². The van der Waals surface area contributed by atoms with Crippen molar-refractivity contribution in [3.63, 3.8) is 0 Å². The Kier molecular flexibility index (Phi) is 10.5. The molecule has 0 aromatic carbocycles. The lowest BCUT2D eigenvalue weighted by Crippen LogP contribution is -2.53. The summed E-state index contributed by atoms with van der Waals surface area (Å²) in [5, 5.41) is 18.6. The largest absolute Gasteiger partial charge is 0.481 e. The molecule has 0 bridgehead atoms. The zero-order valence-corrected chi connectivity index (χ0v) is 17.2. The summed E-state index contributed by atoms with van der Waals surface area (Å²) in [5.41, 5.74) is 5.49. The van der Waals surface area contributed by atoms with Crippen LogP contribution in [0.5, 0.6) is 0 Å². The smallest absolute Gasteiger partial charge is 0.407 e. The number of aliphatic carboxylic acids is 2. The summed E-state index contributed by atoms with van der Waals surface area (Å²) in [4.78, 5) is 44.7. The highest BCUT2D eigenvalue weighted by Gasteiger charge is 2.34. The summed E-state index contributed by atoms with van der Waals surface area (Å²) < 4.78 is 5.23. The number of nitrogens with zero attached hydrogens (tertiary/aromatic N) is 1. The minimum atomic E-state index is -1.08. The van der Waals surface area contributed by atoms with Crippen molar-refractivity contribution < 1.29 is 34.1 Å². The van der Waals surface area contributed by atoms with Gasteiger partial charge in [0.2, 0.25) is 5.91 Å². The zero-order chi connectivity index (χ0) is 22.1. The molecular weight excluding hydrogens is 370 g/mol. The van der Waals surface area contributed by atoms with Crippen molar-refractivity contribution in [3.05, 3.63) is 0 Å². The number of nitrogens with two attached hydrogens (primary N) is 1. The van der Waals surface area contributed by atoms with E-state index in [0.717, 1.165) is 12.8 Å². The van der Waals surface area contributed by atoms with Crippen LogP contribution in [-0.4, -0.2) is 70.8 Å². The number of carboxylic acids is 2. The predicted molar refractivity (Wildman–Crippen MR) is 102 cm³/mol. The number of alkyl carbamates (subject to hydrolysis) is 1. The maximum atomic E-state index is 12.0. The average molecular weight is 403 g/mol. The van der Waals surface area contributed by atoms with Crippen LogP contribution in [0.25, 0.3) is 0 Å². The van der Waals surface area contributed by atoms with Crippen molar-refractivity contribution >= 4 is 23.9 Å². The average Bonchev–Trinajstić information content (AvgIpc) is 2.53. The Hall–Kier alpha value is -2.36. The zero-order valence-electron chi connectivity index (χ0n) is 17.2. The molecule has 1 fully saturated rings. The van der Waals surface area contributed by atoms with Crippen molar-refractivity contribution in [1.82, 2.24) is 10.2 Å². The molecule has 0 aromatic rings. The molecule has 5 N–H and O–H groups in total. The second-order valence-electron chi connectivity index (χ2n) is 7.95. The van der Waals surface area contributed by atoms with Crippen LogP contribution in [0.4, 0.5) is 4.79 Å².